The van der Waals surface area contributed by atoms with Crippen molar-refractivity contribution in [2.75, 3.05) is 31.1 Å². The number of hydrogen-bond acceptors (Lipinski definition) is 4. The lowest BCUT2D eigenvalue weighted by Gasteiger charge is -2.19. The predicted molar refractivity (Wildman–Crippen MR) is 84.9 cm³/mol. The minimum Gasteiger partial charge on any atom is -0.340 e. The first-order valence-corrected chi connectivity index (χ1v) is 7.66. The van der Waals surface area contributed by atoms with Crippen molar-refractivity contribution in [1.29, 1.82) is 0 Å². The predicted octanol–water partition coefficient (Wildman–Crippen LogP) is 2.71. The Morgan fingerprint density at radius 1 is 1.05 bits per heavy atom. The monoisotopic (exact) mass is 332 g/mol. The van der Waals surface area contributed by atoms with E-state index in [0.29, 0.717) is 0 Å². The zero-order chi connectivity index (χ0) is 13.8. The standard InChI is InChI=1S/C15H17BrN4/c16-14-4-1-3-12(9-14)13-10-18-15(19-11-13)20-7-2-5-17-6-8-20/h1,3-4,9-11,17H,2,5-8H2. The molecule has 4 nitrogen and oxygen atoms in total. The molecule has 1 aliphatic rings. The molecule has 1 aromatic heterocycles. The fourth-order valence-electron chi connectivity index (χ4n) is 2.35. The summed E-state index contributed by atoms with van der Waals surface area (Å²) in [7, 11) is 0. The van der Waals surface area contributed by atoms with Crippen LogP contribution in [-0.4, -0.2) is 36.1 Å². The van der Waals surface area contributed by atoms with Crippen LogP contribution in [0, 0.1) is 0 Å². The lowest BCUT2D eigenvalue weighted by molar-refractivity contribution is 0.724. The second kappa shape index (κ2) is 6.33. The molecular formula is C15H17BrN4. The van der Waals surface area contributed by atoms with Gasteiger partial charge in [0.15, 0.2) is 0 Å². The zero-order valence-corrected chi connectivity index (χ0v) is 12.8. The fourth-order valence-corrected chi connectivity index (χ4v) is 2.75. The van der Waals surface area contributed by atoms with Crippen LogP contribution in [0.2, 0.25) is 0 Å². The van der Waals surface area contributed by atoms with Gasteiger partial charge >= 0.3 is 0 Å². The number of rotatable bonds is 2. The summed E-state index contributed by atoms with van der Waals surface area (Å²) in [5.74, 6) is 0.826. The molecule has 1 aliphatic heterocycles. The molecule has 0 bridgehead atoms. The van der Waals surface area contributed by atoms with E-state index in [1.54, 1.807) is 0 Å². The van der Waals surface area contributed by atoms with E-state index in [9.17, 15) is 0 Å². The van der Waals surface area contributed by atoms with Crippen molar-refractivity contribution in [3.05, 3.63) is 41.1 Å². The molecule has 0 unspecified atom stereocenters. The van der Waals surface area contributed by atoms with Crippen LogP contribution in [0.5, 0.6) is 0 Å². The van der Waals surface area contributed by atoms with Gasteiger partial charge in [-0.15, -0.1) is 0 Å². The van der Waals surface area contributed by atoms with Crippen LogP contribution in [0.1, 0.15) is 6.42 Å². The van der Waals surface area contributed by atoms with Crippen molar-refractivity contribution in [2.45, 2.75) is 6.42 Å². The first-order valence-electron chi connectivity index (χ1n) is 6.86. The van der Waals surface area contributed by atoms with Gasteiger partial charge in [0.1, 0.15) is 0 Å². The highest BCUT2D eigenvalue weighted by molar-refractivity contribution is 9.10. The number of hydrogen-bond donors (Lipinski definition) is 1. The normalized spacial score (nSPS) is 15.9. The van der Waals surface area contributed by atoms with E-state index < -0.39 is 0 Å². The van der Waals surface area contributed by atoms with Crippen molar-refractivity contribution in [1.82, 2.24) is 15.3 Å². The summed E-state index contributed by atoms with van der Waals surface area (Å²) in [6, 6.07) is 8.18. The fraction of sp³-hybridized carbons (Fsp3) is 0.333. The quantitative estimate of drug-likeness (QED) is 0.918. The number of nitrogens with one attached hydrogen (secondary N) is 1. The Balaban J connectivity index is 1.80. The number of aromatic nitrogens is 2. The molecule has 2 aromatic rings. The summed E-state index contributed by atoms with van der Waals surface area (Å²) in [5, 5.41) is 3.39. The Kier molecular flexibility index (Phi) is 4.28. The Morgan fingerprint density at radius 3 is 2.70 bits per heavy atom. The highest BCUT2D eigenvalue weighted by Crippen LogP contribution is 2.22. The number of benzene rings is 1. The lowest BCUT2D eigenvalue weighted by Crippen LogP contribution is -2.29. The Labute approximate surface area is 127 Å². The van der Waals surface area contributed by atoms with Crippen molar-refractivity contribution in [2.24, 2.45) is 0 Å². The summed E-state index contributed by atoms with van der Waals surface area (Å²) >= 11 is 3.49. The third kappa shape index (κ3) is 3.16. The van der Waals surface area contributed by atoms with E-state index in [0.717, 1.165) is 54.1 Å². The van der Waals surface area contributed by atoms with Gasteiger partial charge in [-0.2, -0.15) is 0 Å². The molecule has 0 spiro atoms. The molecule has 20 heavy (non-hydrogen) atoms. The maximum Gasteiger partial charge on any atom is 0.225 e. The minimum atomic E-state index is 0.826. The summed E-state index contributed by atoms with van der Waals surface area (Å²) in [5.41, 5.74) is 2.17. The van der Waals surface area contributed by atoms with Crippen molar-refractivity contribution < 1.29 is 0 Å². The van der Waals surface area contributed by atoms with E-state index >= 15 is 0 Å². The van der Waals surface area contributed by atoms with Crippen LogP contribution in [0.4, 0.5) is 5.95 Å². The molecule has 0 atom stereocenters. The van der Waals surface area contributed by atoms with Gasteiger partial charge in [-0.3, -0.25) is 0 Å². The molecule has 3 rings (SSSR count). The molecule has 104 valence electrons. The summed E-state index contributed by atoms with van der Waals surface area (Å²) in [6.07, 6.45) is 4.95. The third-order valence-corrected chi connectivity index (χ3v) is 3.91. The van der Waals surface area contributed by atoms with Crippen LogP contribution in [-0.2, 0) is 0 Å². The van der Waals surface area contributed by atoms with Crippen LogP contribution in [0.25, 0.3) is 11.1 Å². The van der Waals surface area contributed by atoms with Crippen LogP contribution < -0.4 is 10.2 Å². The van der Waals surface area contributed by atoms with Gasteiger partial charge in [-0.05, 0) is 30.7 Å². The highest BCUT2D eigenvalue weighted by atomic mass is 79.9. The molecular weight excluding hydrogens is 316 g/mol. The molecule has 1 aromatic carbocycles. The smallest absolute Gasteiger partial charge is 0.225 e. The van der Waals surface area contributed by atoms with Gasteiger partial charge in [0.25, 0.3) is 0 Å². The zero-order valence-electron chi connectivity index (χ0n) is 11.2. The van der Waals surface area contributed by atoms with Gasteiger partial charge in [-0.25, -0.2) is 9.97 Å². The Hall–Kier alpha value is -1.46. The Bertz CT molecular complexity index is 562. The SMILES string of the molecule is Brc1cccc(-c2cnc(N3CCCNCC3)nc2)c1. The lowest BCUT2D eigenvalue weighted by atomic mass is 10.1. The van der Waals surface area contributed by atoms with E-state index in [-0.39, 0.29) is 0 Å². The third-order valence-electron chi connectivity index (χ3n) is 3.42. The molecule has 0 aliphatic carbocycles. The van der Waals surface area contributed by atoms with Gasteiger partial charge in [0.05, 0.1) is 0 Å². The average molecular weight is 333 g/mol. The minimum absolute atomic E-state index is 0.826. The van der Waals surface area contributed by atoms with Gasteiger partial charge in [-0.1, -0.05) is 28.1 Å². The van der Waals surface area contributed by atoms with Crippen LogP contribution >= 0.6 is 15.9 Å². The summed E-state index contributed by atoms with van der Waals surface area (Å²) < 4.78 is 1.07. The molecule has 5 heteroatoms. The summed E-state index contributed by atoms with van der Waals surface area (Å²) in [6.45, 7) is 4.06. The molecule has 2 heterocycles. The van der Waals surface area contributed by atoms with E-state index in [4.69, 9.17) is 0 Å². The van der Waals surface area contributed by atoms with E-state index in [2.05, 4.69) is 48.2 Å². The molecule has 1 N–H and O–H groups in total. The first kappa shape index (κ1) is 13.5. The van der Waals surface area contributed by atoms with Gasteiger partial charge < -0.3 is 10.2 Å². The molecule has 0 amide bonds. The maximum atomic E-state index is 4.52. The molecule has 0 saturated carbocycles. The molecule has 1 fully saturated rings. The second-order valence-electron chi connectivity index (χ2n) is 4.87. The molecule has 0 radical (unpaired) electrons. The van der Waals surface area contributed by atoms with Crippen molar-refractivity contribution in [3.8, 4) is 11.1 Å². The van der Waals surface area contributed by atoms with Crippen molar-refractivity contribution >= 4 is 21.9 Å². The average Bonchev–Trinajstić information content (AvgIpc) is 2.76. The first-order chi connectivity index (χ1) is 9.83. The number of nitrogens with zero attached hydrogens (tertiary/aromatic N) is 3. The topological polar surface area (TPSA) is 41.1 Å². The van der Waals surface area contributed by atoms with Crippen LogP contribution in [0.15, 0.2) is 41.1 Å². The van der Waals surface area contributed by atoms with Gasteiger partial charge in [0, 0.05) is 42.1 Å². The largest absolute Gasteiger partial charge is 0.340 e. The molecule has 1 saturated heterocycles. The maximum absolute atomic E-state index is 4.52. The number of halogens is 1. The summed E-state index contributed by atoms with van der Waals surface area (Å²) in [4.78, 5) is 11.3. The van der Waals surface area contributed by atoms with E-state index in [1.165, 1.54) is 0 Å². The Morgan fingerprint density at radius 2 is 1.90 bits per heavy atom. The van der Waals surface area contributed by atoms with E-state index in [1.807, 2.05) is 24.5 Å². The number of anilines is 1. The highest BCUT2D eigenvalue weighted by Gasteiger charge is 2.11. The second-order valence-corrected chi connectivity index (χ2v) is 5.79. The van der Waals surface area contributed by atoms with Crippen molar-refractivity contribution in [3.63, 3.8) is 0 Å². The van der Waals surface area contributed by atoms with Crippen LogP contribution in [0.3, 0.4) is 0 Å². The van der Waals surface area contributed by atoms with Gasteiger partial charge in [0.2, 0.25) is 5.95 Å².